The molecule has 10 aromatic carbocycles. The number of isothiocyanates is 1. The summed E-state index contributed by atoms with van der Waals surface area (Å²) in [7, 11) is 0. The van der Waals surface area contributed by atoms with Gasteiger partial charge in [-0.1, -0.05) is 176 Å². The molecule has 2 aliphatic rings. The first-order valence-electron chi connectivity index (χ1n) is 21.6. The van der Waals surface area contributed by atoms with Crippen molar-refractivity contribution in [3.63, 3.8) is 0 Å². The molecule has 300 valence electrons. The van der Waals surface area contributed by atoms with E-state index in [2.05, 4.69) is 227 Å². The fraction of sp³-hybridized carbons (Fsp3) is 0.0167. The van der Waals surface area contributed by atoms with E-state index in [1.807, 2.05) is 12.1 Å². The molecule has 3 nitrogen and oxygen atoms in total. The number of hydrogen-bond acceptors (Lipinski definition) is 3. The number of nitrogens with one attached hydrogen (secondary N) is 1. The molecule has 0 aliphatic heterocycles. The van der Waals surface area contributed by atoms with Crippen LogP contribution in [0.4, 0.5) is 28.4 Å². The number of rotatable bonds is 7. The van der Waals surface area contributed by atoms with Crippen molar-refractivity contribution in [1.82, 2.24) is 0 Å². The van der Waals surface area contributed by atoms with E-state index in [-0.39, 0.29) is 68.9 Å². The normalized spacial score (nSPS) is 13.8. The van der Waals surface area contributed by atoms with Gasteiger partial charge in [0.2, 0.25) is 0 Å². The molecule has 2 aliphatic carbocycles. The number of aliphatic imine (C=N–C) groups is 1. The SMILES string of the molecule is [Cs+].[NH-]c1ccc2c(c1)C1(c3ccccc3-c3ccc(N=C=S)cc31)c1c-2cccc1-c1cc(N(c2ccc(-c3ccccc3)cc2)c2cccc(-c3ccccc3)c2)cc2ccccc12. The molecule has 0 heterocycles. The van der Waals surface area contributed by atoms with Crippen molar-refractivity contribution in [1.29, 1.82) is 0 Å². The van der Waals surface area contributed by atoms with Gasteiger partial charge >= 0.3 is 68.9 Å². The smallest absolute Gasteiger partial charge is 0.699 e. The van der Waals surface area contributed by atoms with Crippen LogP contribution in [-0.4, -0.2) is 5.16 Å². The molecule has 0 saturated heterocycles. The third-order valence-electron chi connectivity index (χ3n) is 13.2. The molecule has 0 fully saturated rings. The van der Waals surface area contributed by atoms with Gasteiger partial charge in [0.25, 0.3) is 0 Å². The summed E-state index contributed by atoms with van der Waals surface area (Å²) in [6.45, 7) is 0. The zero-order chi connectivity index (χ0) is 42.8. The quantitative estimate of drug-likeness (QED) is 0.118. The van der Waals surface area contributed by atoms with E-state index in [1.165, 1.54) is 33.4 Å². The number of nitrogens with zero attached hydrogens (tertiary/aromatic N) is 2. The van der Waals surface area contributed by atoms with Crippen molar-refractivity contribution in [3.05, 3.63) is 252 Å². The van der Waals surface area contributed by atoms with Crippen molar-refractivity contribution in [2.75, 3.05) is 4.90 Å². The minimum absolute atomic E-state index is 0. The summed E-state index contributed by atoms with van der Waals surface area (Å²) in [6.07, 6.45) is 0. The number of benzene rings is 10. The molecule has 0 saturated carbocycles. The molecule has 1 spiro atoms. The molecule has 0 bridgehead atoms. The summed E-state index contributed by atoms with van der Waals surface area (Å²) in [6, 6.07) is 80.5. The van der Waals surface area contributed by atoms with Crippen LogP contribution in [0.5, 0.6) is 0 Å². The second kappa shape index (κ2) is 17.0. The second-order valence-corrected chi connectivity index (χ2v) is 16.8. The average molecular weight is 966 g/mol. The van der Waals surface area contributed by atoms with Crippen molar-refractivity contribution < 1.29 is 68.9 Å². The number of fused-ring (bicyclic) bond motifs is 11. The van der Waals surface area contributed by atoms with E-state index in [4.69, 9.17) is 18.0 Å². The van der Waals surface area contributed by atoms with Crippen LogP contribution in [0.15, 0.2) is 229 Å². The Hall–Kier alpha value is -6.09. The first-order chi connectivity index (χ1) is 31.6. The summed E-state index contributed by atoms with van der Waals surface area (Å²) < 4.78 is 0. The van der Waals surface area contributed by atoms with Crippen molar-refractivity contribution in [3.8, 4) is 55.6 Å². The molecule has 5 heteroatoms. The standard InChI is InChI=1S/C60H38N3S.Cs/c61-44-27-31-52-53-22-12-23-54(59(53)60(57(52)35-44)56-24-10-9-21-50(56)51-32-28-45(62-38-64)36-58(51)60)55-37-48(34-43-17-7-8-20-49(43)55)63(46-29-25-41(26-30-46)39-13-3-1-4-14-39)47-19-11-18-42(33-47)40-15-5-2-6-16-40;/h1-37,61H;/q-1;+1. The number of thiocarbonyl (C=S) groups is 1. The minimum Gasteiger partial charge on any atom is -0.699 e. The molecule has 0 radical (unpaired) electrons. The molecule has 1 atom stereocenters. The predicted molar refractivity (Wildman–Crippen MR) is 270 cm³/mol. The molecule has 1 N–H and O–H groups in total. The Bertz CT molecular complexity index is 3520. The summed E-state index contributed by atoms with van der Waals surface area (Å²) in [5, 5.41) is 4.92. The van der Waals surface area contributed by atoms with Gasteiger partial charge in [-0.05, 0) is 149 Å². The van der Waals surface area contributed by atoms with E-state index in [0.717, 1.165) is 78.0 Å². The van der Waals surface area contributed by atoms with Crippen molar-refractivity contribution >= 4 is 56.6 Å². The van der Waals surface area contributed by atoms with Gasteiger partial charge in [0, 0.05) is 17.1 Å². The first kappa shape index (κ1) is 41.6. The Morgan fingerprint density at radius 2 is 1.00 bits per heavy atom. The summed E-state index contributed by atoms with van der Waals surface area (Å²) >= 11 is 5.15. The third-order valence-corrected chi connectivity index (χ3v) is 13.3. The molecule has 65 heavy (non-hydrogen) atoms. The van der Waals surface area contributed by atoms with Crippen LogP contribution in [0.25, 0.3) is 72.1 Å². The molecule has 0 amide bonds. The van der Waals surface area contributed by atoms with Crippen molar-refractivity contribution in [2.24, 2.45) is 4.99 Å². The fourth-order valence-corrected chi connectivity index (χ4v) is 10.7. The molecular formula is C60H38CsN3S. The Balaban J connectivity index is 0.00000469. The predicted octanol–water partition coefficient (Wildman–Crippen LogP) is 14.1. The van der Waals surface area contributed by atoms with Crippen LogP contribution in [-0.2, 0) is 5.41 Å². The monoisotopic (exact) mass is 965 g/mol. The van der Waals surface area contributed by atoms with Crippen LogP contribution in [0.2, 0.25) is 0 Å². The molecule has 0 aromatic heterocycles. The number of hydrogen-bond donors (Lipinski definition) is 0. The molecule has 12 rings (SSSR count). The molecular weight excluding hydrogens is 928 g/mol. The zero-order valence-corrected chi connectivity index (χ0v) is 42.8. The van der Waals surface area contributed by atoms with Gasteiger partial charge in [-0.15, -0.1) is 5.69 Å². The van der Waals surface area contributed by atoms with E-state index >= 15 is 0 Å². The molecule has 10 aromatic rings. The van der Waals surface area contributed by atoms with Gasteiger partial charge in [-0.3, -0.25) is 0 Å². The summed E-state index contributed by atoms with van der Waals surface area (Å²) in [4.78, 5) is 6.91. The van der Waals surface area contributed by atoms with Gasteiger partial charge in [-0.25, -0.2) is 0 Å². The van der Waals surface area contributed by atoms with E-state index < -0.39 is 5.41 Å². The van der Waals surface area contributed by atoms with E-state index in [1.54, 1.807) is 0 Å². The Kier molecular flexibility index (Phi) is 10.9. The van der Waals surface area contributed by atoms with Crippen LogP contribution in [0.3, 0.4) is 0 Å². The Morgan fingerprint density at radius 3 is 1.78 bits per heavy atom. The topological polar surface area (TPSA) is 39.4 Å². The Labute approximate surface area is 443 Å². The summed E-state index contributed by atoms with van der Waals surface area (Å²) in [5.41, 5.74) is 28.9. The summed E-state index contributed by atoms with van der Waals surface area (Å²) in [5.74, 6) is 0. The third kappa shape index (κ3) is 6.82. The van der Waals surface area contributed by atoms with Gasteiger partial charge in [-0.2, -0.15) is 4.99 Å². The average Bonchev–Trinajstić information content (AvgIpc) is 3.81. The van der Waals surface area contributed by atoms with Crippen LogP contribution in [0, 0.1) is 0 Å². The van der Waals surface area contributed by atoms with Gasteiger partial charge in [0.05, 0.1) is 16.3 Å². The molecule has 1 unspecified atom stereocenters. The maximum absolute atomic E-state index is 9.04. The maximum Gasteiger partial charge on any atom is 1.00 e. The first-order valence-corrected chi connectivity index (χ1v) is 22.0. The van der Waals surface area contributed by atoms with Crippen LogP contribution in [0.1, 0.15) is 22.3 Å². The fourth-order valence-electron chi connectivity index (χ4n) is 10.6. The van der Waals surface area contributed by atoms with E-state index in [0.29, 0.717) is 5.69 Å². The number of anilines is 3. The van der Waals surface area contributed by atoms with Crippen LogP contribution < -0.4 is 73.8 Å². The maximum atomic E-state index is 9.04. The minimum atomic E-state index is -0.731. The Morgan fingerprint density at radius 1 is 0.415 bits per heavy atom. The van der Waals surface area contributed by atoms with E-state index in [9.17, 15) is 0 Å². The second-order valence-electron chi connectivity index (χ2n) is 16.6. The van der Waals surface area contributed by atoms with Crippen LogP contribution >= 0.6 is 12.2 Å². The van der Waals surface area contributed by atoms with Gasteiger partial charge < -0.3 is 10.6 Å². The largest absolute Gasteiger partial charge is 1.00 e. The van der Waals surface area contributed by atoms with Gasteiger partial charge in [0.15, 0.2) is 0 Å². The zero-order valence-electron chi connectivity index (χ0n) is 35.7. The van der Waals surface area contributed by atoms with Crippen molar-refractivity contribution in [2.45, 2.75) is 5.41 Å². The van der Waals surface area contributed by atoms with Gasteiger partial charge in [0.1, 0.15) is 0 Å².